The average Bonchev–Trinajstić information content (AvgIpc) is 2.83. The maximum atomic E-state index is 8.18. The molecular weight excluding hydrogens is 426 g/mol. The molecule has 3 aromatic rings. The second-order valence-corrected chi connectivity index (χ2v) is 8.98. The fourth-order valence-electron chi connectivity index (χ4n) is 3.11. The smallest absolute Gasteiger partial charge is 0.119 e. The first-order chi connectivity index (χ1) is 16.2. The highest BCUT2D eigenvalue weighted by molar-refractivity contribution is 7.10. The van der Waals surface area contributed by atoms with Crippen LogP contribution in [0.15, 0.2) is 60.7 Å². The van der Waals surface area contributed by atoms with Crippen LogP contribution in [-0.2, 0) is 0 Å². The van der Waals surface area contributed by atoms with Crippen LogP contribution >= 0.6 is 11.3 Å². The monoisotopic (exact) mass is 459 g/mol. The summed E-state index contributed by atoms with van der Waals surface area (Å²) in [6.07, 6.45) is 12.7. The van der Waals surface area contributed by atoms with Gasteiger partial charge in [-0.25, -0.2) is 0 Å². The summed E-state index contributed by atoms with van der Waals surface area (Å²) in [6.45, 7) is 5.84. The van der Waals surface area contributed by atoms with Gasteiger partial charge in [-0.1, -0.05) is 69.2 Å². The zero-order valence-electron chi connectivity index (χ0n) is 19.6. The summed E-state index contributed by atoms with van der Waals surface area (Å²) in [6, 6.07) is 20.3. The van der Waals surface area contributed by atoms with Crippen molar-refractivity contribution in [2.45, 2.75) is 39.5 Å². The van der Waals surface area contributed by atoms with Crippen LogP contribution in [-0.4, -0.2) is 13.2 Å². The standard InChI is InChI=1S/C29H33NO2S/c1-3-5-19-31-26-14-9-23(10-15-26)7-8-25-21-28(33-29(30)22-25)18-13-24-11-16-27(17-12-24)32-20-6-4-2/h7-18,21-22,30H,3-6,19-20H2,1-2H3. The van der Waals surface area contributed by atoms with Crippen LogP contribution in [0, 0.1) is 5.41 Å². The largest absolute Gasteiger partial charge is 0.494 e. The van der Waals surface area contributed by atoms with E-state index in [1.54, 1.807) is 0 Å². The third kappa shape index (κ3) is 8.74. The normalized spacial score (nSPS) is 11.3. The van der Waals surface area contributed by atoms with Crippen LogP contribution in [0.4, 0.5) is 0 Å². The van der Waals surface area contributed by atoms with Gasteiger partial charge in [0, 0.05) is 4.88 Å². The molecular formula is C29H33NO2S. The molecule has 0 fully saturated rings. The molecule has 4 heteroatoms. The minimum atomic E-state index is 0.538. The molecule has 3 rings (SSSR count). The summed E-state index contributed by atoms with van der Waals surface area (Å²) >= 11 is 1.47. The lowest BCUT2D eigenvalue weighted by Crippen LogP contribution is -1.96. The molecule has 0 aliphatic heterocycles. The Morgan fingerprint density at radius 3 is 1.67 bits per heavy atom. The predicted octanol–water partition coefficient (Wildman–Crippen LogP) is 7.93. The molecule has 0 spiro atoms. The van der Waals surface area contributed by atoms with Crippen molar-refractivity contribution in [3.63, 3.8) is 0 Å². The molecule has 0 saturated carbocycles. The van der Waals surface area contributed by atoms with E-state index in [9.17, 15) is 0 Å². The van der Waals surface area contributed by atoms with Crippen molar-refractivity contribution < 1.29 is 9.47 Å². The topological polar surface area (TPSA) is 42.3 Å². The molecule has 1 heterocycles. The van der Waals surface area contributed by atoms with Gasteiger partial charge in [0.15, 0.2) is 0 Å². The third-order valence-electron chi connectivity index (χ3n) is 5.04. The first-order valence-corrected chi connectivity index (χ1v) is 12.5. The Balaban J connectivity index is 1.62. The first-order valence-electron chi connectivity index (χ1n) is 11.7. The van der Waals surface area contributed by atoms with E-state index in [-0.39, 0.29) is 0 Å². The molecule has 33 heavy (non-hydrogen) atoms. The molecule has 2 aromatic carbocycles. The highest BCUT2D eigenvalue weighted by atomic mass is 32.1. The Labute approximate surface area is 201 Å². The summed E-state index contributed by atoms with van der Waals surface area (Å²) in [5.41, 5.74) is 3.23. The van der Waals surface area contributed by atoms with E-state index in [0.717, 1.165) is 72.0 Å². The van der Waals surface area contributed by atoms with E-state index in [4.69, 9.17) is 14.9 Å². The van der Waals surface area contributed by atoms with E-state index >= 15 is 0 Å². The SMILES string of the molecule is CCCCOc1ccc(C=Cc2cc(C=Cc3ccc(OCCCC)cc3)sc(=N)c2)cc1. The number of hydrogen-bond acceptors (Lipinski definition) is 4. The molecule has 172 valence electrons. The lowest BCUT2D eigenvalue weighted by molar-refractivity contribution is 0.309. The summed E-state index contributed by atoms with van der Waals surface area (Å²) in [5.74, 6) is 1.81. The van der Waals surface area contributed by atoms with Gasteiger partial charge < -0.3 is 9.47 Å². The molecule has 1 N–H and O–H groups in total. The summed E-state index contributed by atoms with van der Waals surface area (Å²) < 4.78 is 12.0. The van der Waals surface area contributed by atoms with Crippen molar-refractivity contribution in [1.82, 2.24) is 0 Å². The van der Waals surface area contributed by atoms with E-state index in [0.29, 0.717) is 4.67 Å². The van der Waals surface area contributed by atoms with Crippen molar-refractivity contribution in [2.75, 3.05) is 13.2 Å². The Kier molecular flexibility index (Phi) is 9.99. The van der Waals surface area contributed by atoms with E-state index in [1.165, 1.54) is 11.3 Å². The lowest BCUT2D eigenvalue weighted by Gasteiger charge is -2.05. The Morgan fingerprint density at radius 2 is 1.15 bits per heavy atom. The maximum absolute atomic E-state index is 8.18. The molecule has 0 aliphatic rings. The first kappa shape index (κ1) is 24.5. The van der Waals surface area contributed by atoms with Gasteiger partial charge >= 0.3 is 0 Å². The Bertz CT molecular complexity index is 1010. The Morgan fingerprint density at radius 1 is 0.667 bits per heavy atom. The van der Waals surface area contributed by atoms with Crippen molar-refractivity contribution >= 4 is 35.6 Å². The maximum Gasteiger partial charge on any atom is 0.119 e. The highest BCUT2D eigenvalue weighted by Gasteiger charge is 1.97. The molecule has 0 amide bonds. The summed E-state index contributed by atoms with van der Waals surface area (Å²) in [5, 5.41) is 8.18. The highest BCUT2D eigenvalue weighted by Crippen LogP contribution is 2.18. The van der Waals surface area contributed by atoms with Gasteiger partial charge in [-0.05, 0) is 72.0 Å². The van der Waals surface area contributed by atoms with Crippen molar-refractivity contribution in [1.29, 1.82) is 5.41 Å². The number of hydrogen-bond donors (Lipinski definition) is 1. The van der Waals surface area contributed by atoms with Gasteiger partial charge in [0.2, 0.25) is 0 Å². The van der Waals surface area contributed by atoms with Crippen LogP contribution in [0.2, 0.25) is 0 Å². The van der Waals surface area contributed by atoms with Gasteiger partial charge in [0.05, 0.1) is 13.2 Å². The fourth-order valence-corrected chi connectivity index (χ4v) is 3.89. The van der Waals surface area contributed by atoms with Crippen LogP contribution in [0.1, 0.15) is 61.1 Å². The molecule has 0 atom stereocenters. The number of nitrogens with one attached hydrogen (secondary N) is 1. The lowest BCUT2D eigenvalue weighted by atomic mass is 10.1. The molecule has 0 bridgehead atoms. The van der Waals surface area contributed by atoms with Crippen LogP contribution < -0.4 is 14.1 Å². The number of benzene rings is 2. The third-order valence-corrected chi connectivity index (χ3v) is 5.86. The zero-order valence-corrected chi connectivity index (χ0v) is 20.4. The van der Waals surface area contributed by atoms with Crippen LogP contribution in [0.3, 0.4) is 0 Å². The van der Waals surface area contributed by atoms with Crippen LogP contribution in [0.5, 0.6) is 11.5 Å². The van der Waals surface area contributed by atoms with E-state index < -0.39 is 0 Å². The van der Waals surface area contributed by atoms with Crippen molar-refractivity contribution in [3.05, 3.63) is 86.9 Å². The summed E-state index contributed by atoms with van der Waals surface area (Å²) in [7, 11) is 0. The Hall–Kier alpha value is -3.11. The predicted molar refractivity (Wildman–Crippen MR) is 142 cm³/mol. The van der Waals surface area contributed by atoms with Gasteiger partial charge in [0.1, 0.15) is 16.2 Å². The minimum absolute atomic E-state index is 0.538. The molecule has 0 radical (unpaired) electrons. The summed E-state index contributed by atoms with van der Waals surface area (Å²) in [4.78, 5) is 1.05. The number of ether oxygens (including phenoxy) is 2. The molecule has 0 aliphatic carbocycles. The van der Waals surface area contributed by atoms with Gasteiger partial charge in [-0.15, -0.1) is 11.3 Å². The van der Waals surface area contributed by atoms with Gasteiger partial charge in [-0.3, -0.25) is 5.41 Å². The molecule has 0 unspecified atom stereocenters. The molecule has 0 saturated heterocycles. The van der Waals surface area contributed by atoms with E-state index in [1.807, 2.05) is 30.3 Å². The molecule has 1 aromatic heterocycles. The van der Waals surface area contributed by atoms with Crippen LogP contribution in [0.25, 0.3) is 24.3 Å². The molecule has 3 nitrogen and oxygen atoms in total. The van der Waals surface area contributed by atoms with Gasteiger partial charge in [0.25, 0.3) is 0 Å². The second kappa shape index (κ2) is 13.4. The van der Waals surface area contributed by atoms with Gasteiger partial charge in [-0.2, -0.15) is 0 Å². The second-order valence-electron chi connectivity index (χ2n) is 7.87. The fraction of sp³-hybridized carbons (Fsp3) is 0.276. The van der Waals surface area contributed by atoms with Crippen molar-refractivity contribution in [3.8, 4) is 11.5 Å². The zero-order chi connectivity index (χ0) is 23.3. The minimum Gasteiger partial charge on any atom is -0.494 e. The number of unbranched alkanes of at least 4 members (excludes halogenated alkanes) is 2. The average molecular weight is 460 g/mol. The number of rotatable bonds is 12. The quantitative estimate of drug-likeness (QED) is 0.279. The van der Waals surface area contributed by atoms with Crippen molar-refractivity contribution in [2.24, 2.45) is 0 Å². The van der Waals surface area contributed by atoms with E-state index in [2.05, 4.69) is 68.5 Å².